The van der Waals surface area contributed by atoms with Crippen LogP contribution in [0.15, 0.2) is 18.2 Å². The molecule has 5 nitrogen and oxygen atoms in total. The molecule has 5 heteroatoms. The molecule has 1 aliphatic rings. The highest BCUT2D eigenvalue weighted by atomic mass is 16.5. The number of carbonyl (C=O) groups is 1. The van der Waals surface area contributed by atoms with E-state index in [1.165, 1.54) is 0 Å². The van der Waals surface area contributed by atoms with Crippen LogP contribution in [-0.4, -0.2) is 23.3 Å². The highest BCUT2D eigenvalue weighted by Crippen LogP contribution is 2.43. The van der Waals surface area contributed by atoms with Crippen molar-refractivity contribution in [2.24, 2.45) is 0 Å². The highest BCUT2D eigenvalue weighted by molar-refractivity contribution is 5.69. The summed E-state index contributed by atoms with van der Waals surface area (Å²) >= 11 is 0. The van der Waals surface area contributed by atoms with E-state index in [1.54, 1.807) is 18.2 Å². The molecule has 0 saturated carbocycles. The van der Waals surface area contributed by atoms with Gasteiger partial charge in [-0.3, -0.25) is 4.79 Å². The van der Waals surface area contributed by atoms with E-state index < -0.39 is 6.10 Å². The Morgan fingerprint density at radius 2 is 2.00 bits per heavy atom. The molecular weight excluding hydrogens is 342 g/mol. The van der Waals surface area contributed by atoms with Crippen molar-refractivity contribution < 1.29 is 19.4 Å². The number of unbranched alkanes of at least 4 members (excludes halogenated alkanes) is 5. The topological polar surface area (TPSA) is 60.1 Å². The summed E-state index contributed by atoms with van der Waals surface area (Å²) in [6.45, 7) is 11.4. The summed E-state index contributed by atoms with van der Waals surface area (Å²) in [7, 11) is 0. The molecule has 1 aliphatic heterocycles. The van der Waals surface area contributed by atoms with Gasteiger partial charge in [-0.25, -0.2) is 4.85 Å². The Morgan fingerprint density at radius 1 is 1.30 bits per heavy atom. The number of ether oxygens (including phenoxy) is 2. The van der Waals surface area contributed by atoms with E-state index in [4.69, 9.17) is 16.0 Å². The van der Waals surface area contributed by atoms with Gasteiger partial charge in [0.15, 0.2) is 5.69 Å². The van der Waals surface area contributed by atoms with Gasteiger partial charge in [0.2, 0.25) is 0 Å². The maximum Gasteiger partial charge on any atom is 0.305 e. The van der Waals surface area contributed by atoms with Gasteiger partial charge in [-0.2, -0.15) is 0 Å². The second-order valence-corrected chi connectivity index (χ2v) is 7.53. The summed E-state index contributed by atoms with van der Waals surface area (Å²) < 4.78 is 11.1. The monoisotopic (exact) mass is 373 g/mol. The summed E-state index contributed by atoms with van der Waals surface area (Å²) in [6.07, 6.45) is 7.80. The van der Waals surface area contributed by atoms with Gasteiger partial charge < -0.3 is 14.6 Å². The number of esters is 1. The average Bonchev–Trinajstić information content (AvgIpc) is 2.64. The molecule has 2 rings (SSSR count). The van der Waals surface area contributed by atoms with Crippen LogP contribution in [0.5, 0.6) is 5.75 Å². The van der Waals surface area contributed by atoms with Crippen molar-refractivity contribution in [2.45, 2.75) is 83.3 Å². The lowest BCUT2D eigenvalue weighted by molar-refractivity contribution is -0.143. The van der Waals surface area contributed by atoms with Crippen LogP contribution in [0.25, 0.3) is 4.85 Å². The van der Waals surface area contributed by atoms with Gasteiger partial charge in [-0.05, 0) is 45.2 Å². The summed E-state index contributed by atoms with van der Waals surface area (Å²) in [5, 5.41) is 10.5. The van der Waals surface area contributed by atoms with Crippen LogP contribution >= 0.6 is 0 Å². The van der Waals surface area contributed by atoms with Gasteiger partial charge in [0.1, 0.15) is 11.4 Å². The zero-order chi connectivity index (χ0) is 19.7. The number of nitrogens with zero attached hydrogens (tertiary/aromatic N) is 1. The van der Waals surface area contributed by atoms with E-state index in [1.807, 2.05) is 6.92 Å². The minimum absolute atomic E-state index is 0.0952. The van der Waals surface area contributed by atoms with Crippen molar-refractivity contribution in [3.63, 3.8) is 0 Å². The molecule has 1 N–H and O–H groups in total. The number of benzene rings is 1. The van der Waals surface area contributed by atoms with Gasteiger partial charge in [-0.15, -0.1) is 0 Å². The van der Waals surface area contributed by atoms with Crippen molar-refractivity contribution in [1.29, 1.82) is 0 Å². The third-order valence-corrected chi connectivity index (χ3v) is 5.10. The van der Waals surface area contributed by atoms with Crippen LogP contribution in [0.2, 0.25) is 0 Å². The number of fused-ring (bicyclic) bond motifs is 1. The number of hydrogen-bond acceptors (Lipinski definition) is 4. The van der Waals surface area contributed by atoms with Crippen LogP contribution in [-0.2, 0) is 9.53 Å². The van der Waals surface area contributed by atoms with Crippen LogP contribution in [0.3, 0.4) is 0 Å². The Bertz CT molecular complexity index is 667. The molecule has 1 aromatic rings. The fourth-order valence-electron chi connectivity index (χ4n) is 3.65. The molecule has 148 valence electrons. The quantitative estimate of drug-likeness (QED) is 0.334. The molecule has 0 bridgehead atoms. The van der Waals surface area contributed by atoms with Crippen LogP contribution < -0.4 is 4.74 Å². The lowest BCUT2D eigenvalue weighted by atomic mass is 9.86. The zero-order valence-electron chi connectivity index (χ0n) is 16.5. The lowest BCUT2D eigenvalue weighted by Crippen LogP contribution is -2.38. The second-order valence-electron chi connectivity index (χ2n) is 7.53. The van der Waals surface area contributed by atoms with Gasteiger partial charge in [0.25, 0.3) is 0 Å². The Labute approximate surface area is 162 Å². The van der Waals surface area contributed by atoms with Gasteiger partial charge >= 0.3 is 5.97 Å². The van der Waals surface area contributed by atoms with Crippen LogP contribution in [0.1, 0.15) is 83.3 Å². The zero-order valence-corrected chi connectivity index (χ0v) is 16.5. The molecule has 0 amide bonds. The second kappa shape index (κ2) is 10.3. The van der Waals surface area contributed by atoms with E-state index in [0.29, 0.717) is 30.9 Å². The van der Waals surface area contributed by atoms with E-state index in [2.05, 4.69) is 11.8 Å². The SMILES string of the molecule is [C-]#[N+]c1ccc2c(c1)C(O)CC(C)(CCCCCCCCC(=O)OCC)O2. The maximum absolute atomic E-state index is 11.3. The number of carbonyl (C=O) groups excluding carboxylic acids is 1. The number of rotatable bonds is 10. The van der Waals surface area contributed by atoms with Crippen LogP contribution in [0, 0.1) is 6.57 Å². The predicted octanol–water partition coefficient (Wildman–Crippen LogP) is 5.50. The molecule has 2 unspecified atom stereocenters. The summed E-state index contributed by atoms with van der Waals surface area (Å²) in [4.78, 5) is 14.7. The van der Waals surface area contributed by atoms with Gasteiger partial charge in [0.05, 0.1) is 19.3 Å². The van der Waals surface area contributed by atoms with Gasteiger partial charge in [-0.1, -0.05) is 31.7 Å². The van der Waals surface area contributed by atoms with Crippen molar-refractivity contribution in [2.75, 3.05) is 6.61 Å². The predicted molar refractivity (Wildman–Crippen MR) is 105 cm³/mol. The maximum atomic E-state index is 11.3. The molecule has 1 heterocycles. The minimum Gasteiger partial charge on any atom is -0.487 e. The third kappa shape index (κ3) is 6.55. The first-order valence-electron chi connectivity index (χ1n) is 10.0. The molecule has 0 radical (unpaired) electrons. The first-order chi connectivity index (χ1) is 13.0. The molecule has 0 spiro atoms. The Kier molecular flexibility index (Phi) is 8.12. The van der Waals surface area contributed by atoms with E-state index in [-0.39, 0.29) is 11.6 Å². The standard InChI is InChI=1S/C22H31NO4/c1-4-26-21(25)11-9-7-5-6-8-10-14-22(2)16-19(24)18-15-17(23-3)12-13-20(18)27-22/h12-13,15,19,24H,4-11,14,16H2,1-2H3. The molecule has 0 saturated heterocycles. The largest absolute Gasteiger partial charge is 0.487 e. The lowest BCUT2D eigenvalue weighted by Gasteiger charge is -2.38. The van der Waals surface area contributed by atoms with E-state index in [9.17, 15) is 9.90 Å². The fraction of sp³-hybridized carbons (Fsp3) is 0.636. The number of hydrogen-bond donors (Lipinski definition) is 1. The molecule has 27 heavy (non-hydrogen) atoms. The molecule has 0 aromatic heterocycles. The summed E-state index contributed by atoms with van der Waals surface area (Å²) in [6, 6.07) is 5.26. The molecular formula is C22H31NO4. The number of aliphatic hydroxyl groups is 1. The third-order valence-electron chi connectivity index (χ3n) is 5.10. The van der Waals surface area contributed by atoms with Crippen LogP contribution in [0.4, 0.5) is 5.69 Å². The van der Waals surface area contributed by atoms with Crippen molar-refractivity contribution >= 4 is 11.7 Å². The Balaban J connectivity index is 1.67. The van der Waals surface area contributed by atoms with Gasteiger partial charge in [0, 0.05) is 18.4 Å². The molecule has 0 fully saturated rings. The first-order valence-corrected chi connectivity index (χ1v) is 10.0. The fourth-order valence-corrected chi connectivity index (χ4v) is 3.65. The Morgan fingerprint density at radius 3 is 2.70 bits per heavy atom. The minimum atomic E-state index is -0.580. The van der Waals surface area contributed by atoms with E-state index >= 15 is 0 Å². The molecule has 2 atom stereocenters. The smallest absolute Gasteiger partial charge is 0.305 e. The van der Waals surface area contributed by atoms with Crippen molar-refractivity contribution in [1.82, 2.24) is 0 Å². The Hall–Kier alpha value is -2.06. The first kappa shape index (κ1) is 21.2. The average molecular weight is 373 g/mol. The number of aliphatic hydroxyl groups excluding tert-OH is 1. The summed E-state index contributed by atoms with van der Waals surface area (Å²) in [5.41, 5.74) is 0.890. The summed E-state index contributed by atoms with van der Waals surface area (Å²) in [5.74, 6) is 0.602. The normalized spacial score (nSPS) is 21.0. The molecule has 1 aromatic carbocycles. The van der Waals surface area contributed by atoms with Crippen molar-refractivity contribution in [3.8, 4) is 5.75 Å². The van der Waals surface area contributed by atoms with Crippen molar-refractivity contribution in [3.05, 3.63) is 35.2 Å². The van der Waals surface area contributed by atoms with E-state index in [0.717, 1.165) is 50.5 Å². The highest BCUT2D eigenvalue weighted by Gasteiger charge is 2.36. The molecule has 0 aliphatic carbocycles.